The second kappa shape index (κ2) is 7.21. The first kappa shape index (κ1) is 12.0. The number of rotatable bonds is 6. The molecule has 0 aromatic heterocycles. The number of ether oxygens (including phenoxy) is 2. The van der Waals surface area contributed by atoms with Crippen molar-refractivity contribution in [3.63, 3.8) is 0 Å². The molecule has 1 atom stereocenters. The van der Waals surface area contributed by atoms with E-state index in [1.54, 1.807) is 0 Å². The Balaban J connectivity index is 1.87. The van der Waals surface area contributed by atoms with E-state index in [9.17, 15) is 0 Å². The Hall–Kier alpha value is -0.120. The Kier molecular flexibility index (Phi) is 6.15. The van der Waals surface area contributed by atoms with Gasteiger partial charge in [0, 0.05) is 6.54 Å². The van der Waals surface area contributed by atoms with Crippen LogP contribution in [-0.4, -0.2) is 39.0 Å². The lowest BCUT2D eigenvalue weighted by Crippen LogP contribution is -2.37. The van der Waals surface area contributed by atoms with Gasteiger partial charge in [-0.1, -0.05) is 13.8 Å². The predicted molar refractivity (Wildman–Crippen MR) is 57.5 cm³/mol. The first-order valence-electron chi connectivity index (χ1n) is 5.69. The molecule has 0 aromatic rings. The highest BCUT2D eigenvalue weighted by Gasteiger charge is 2.12. The maximum absolute atomic E-state index is 5.52. The van der Waals surface area contributed by atoms with Gasteiger partial charge >= 0.3 is 0 Å². The molecule has 1 unspecified atom stereocenters. The first-order chi connectivity index (χ1) is 6.79. The molecule has 1 rings (SSSR count). The molecule has 14 heavy (non-hydrogen) atoms. The molecule has 1 aliphatic rings. The van der Waals surface area contributed by atoms with Crippen LogP contribution in [0.15, 0.2) is 0 Å². The van der Waals surface area contributed by atoms with E-state index in [0.717, 1.165) is 38.8 Å². The van der Waals surface area contributed by atoms with Gasteiger partial charge in [-0.05, 0) is 25.3 Å². The fourth-order valence-electron chi connectivity index (χ4n) is 1.55. The van der Waals surface area contributed by atoms with Gasteiger partial charge in [-0.2, -0.15) is 0 Å². The molecule has 0 bridgehead atoms. The third-order valence-corrected chi connectivity index (χ3v) is 2.39. The molecule has 1 aliphatic heterocycles. The van der Waals surface area contributed by atoms with E-state index in [4.69, 9.17) is 9.47 Å². The summed E-state index contributed by atoms with van der Waals surface area (Å²) < 4.78 is 10.8. The van der Waals surface area contributed by atoms with Crippen molar-refractivity contribution >= 4 is 0 Å². The van der Waals surface area contributed by atoms with E-state index in [1.807, 2.05) is 0 Å². The average Bonchev–Trinajstić information content (AvgIpc) is 2.18. The summed E-state index contributed by atoms with van der Waals surface area (Å²) in [5.74, 6) is 0.811. The van der Waals surface area contributed by atoms with Crippen molar-refractivity contribution in [1.82, 2.24) is 5.32 Å². The predicted octanol–water partition coefficient (Wildman–Crippen LogP) is 1.43. The molecule has 1 fully saturated rings. The largest absolute Gasteiger partial charge is 0.376 e. The van der Waals surface area contributed by atoms with Crippen LogP contribution in [0.2, 0.25) is 0 Å². The Morgan fingerprint density at radius 2 is 2.21 bits per heavy atom. The van der Waals surface area contributed by atoms with Crippen molar-refractivity contribution in [2.45, 2.75) is 32.8 Å². The van der Waals surface area contributed by atoms with Crippen LogP contribution in [-0.2, 0) is 9.47 Å². The monoisotopic (exact) mass is 201 g/mol. The zero-order valence-corrected chi connectivity index (χ0v) is 9.42. The van der Waals surface area contributed by atoms with Gasteiger partial charge in [-0.15, -0.1) is 0 Å². The first-order valence-corrected chi connectivity index (χ1v) is 5.69. The molecule has 0 spiro atoms. The zero-order valence-electron chi connectivity index (χ0n) is 9.42. The average molecular weight is 201 g/mol. The summed E-state index contributed by atoms with van der Waals surface area (Å²) in [5.41, 5.74) is 0. The van der Waals surface area contributed by atoms with E-state index < -0.39 is 0 Å². The molecule has 1 N–H and O–H groups in total. The minimum Gasteiger partial charge on any atom is -0.376 e. The molecule has 0 amide bonds. The highest BCUT2D eigenvalue weighted by molar-refractivity contribution is 4.64. The normalized spacial score (nSPS) is 22.9. The van der Waals surface area contributed by atoms with Gasteiger partial charge in [0.1, 0.15) is 0 Å². The summed E-state index contributed by atoms with van der Waals surface area (Å²) in [5, 5.41) is 3.41. The highest BCUT2D eigenvalue weighted by atomic mass is 16.6. The fraction of sp³-hybridized carbons (Fsp3) is 1.00. The van der Waals surface area contributed by atoms with Crippen molar-refractivity contribution in [2.24, 2.45) is 5.92 Å². The van der Waals surface area contributed by atoms with Crippen LogP contribution in [0.4, 0.5) is 0 Å². The highest BCUT2D eigenvalue weighted by Crippen LogP contribution is 2.02. The maximum atomic E-state index is 5.52. The van der Waals surface area contributed by atoms with Gasteiger partial charge in [0.2, 0.25) is 0 Å². The van der Waals surface area contributed by atoms with Crippen LogP contribution < -0.4 is 5.32 Å². The summed E-state index contributed by atoms with van der Waals surface area (Å²) >= 11 is 0. The van der Waals surface area contributed by atoms with E-state index in [-0.39, 0.29) is 6.10 Å². The lowest BCUT2D eigenvalue weighted by molar-refractivity contribution is -0.0863. The van der Waals surface area contributed by atoms with Gasteiger partial charge < -0.3 is 14.8 Å². The summed E-state index contributed by atoms with van der Waals surface area (Å²) in [7, 11) is 0. The van der Waals surface area contributed by atoms with Crippen LogP contribution in [0.5, 0.6) is 0 Å². The SMILES string of the molecule is CC(C)CCCNCC1COCCO1. The van der Waals surface area contributed by atoms with Crippen molar-refractivity contribution in [2.75, 3.05) is 32.9 Å². The van der Waals surface area contributed by atoms with Crippen molar-refractivity contribution < 1.29 is 9.47 Å². The Morgan fingerprint density at radius 3 is 2.86 bits per heavy atom. The molecule has 0 aromatic carbocycles. The molecule has 3 nitrogen and oxygen atoms in total. The molecule has 0 aliphatic carbocycles. The third-order valence-electron chi connectivity index (χ3n) is 2.39. The number of nitrogens with one attached hydrogen (secondary N) is 1. The lowest BCUT2D eigenvalue weighted by Gasteiger charge is -2.23. The Morgan fingerprint density at radius 1 is 1.36 bits per heavy atom. The molecular weight excluding hydrogens is 178 g/mol. The lowest BCUT2D eigenvalue weighted by atomic mass is 10.1. The minimum absolute atomic E-state index is 0.266. The molecule has 3 heteroatoms. The standard InChI is InChI=1S/C11H23NO2/c1-10(2)4-3-5-12-8-11-9-13-6-7-14-11/h10-12H,3-9H2,1-2H3. The number of hydrogen-bond donors (Lipinski definition) is 1. The molecule has 0 saturated carbocycles. The van der Waals surface area contributed by atoms with Crippen LogP contribution >= 0.6 is 0 Å². The number of hydrogen-bond acceptors (Lipinski definition) is 3. The second-order valence-corrected chi connectivity index (χ2v) is 4.31. The summed E-state index contributed by atoms with van der Waals surface area (Å²) in [4.78, 5) is 0. The van der Waals surface area contributed by atoms with Crippen LogP contribution in [0, 0.1) is 5.92 Å². The summed E-state index contributed by atoms with van der Waals surface area (Å²) in [6.45, 7) is 8.80. The maximum Gasteiger partial charge on any atom is 0.0933 e. The summed E-state index contributed by atoms with van der Waals surface area (Å²) in [6, 6.07) is 0. The molecular formula is C11H23NO2. The van der Waals surface area contributed by atoms with Crippen LogP contribution in [0.3, 0.4) is 0 Å². The van der Waals surface area contributed by atoms with Crippen molar-refractivity contribution in [1.29, 1.82) is 0 Å². The minimum atomic E-state index is 0.266. The molecule has 84 valence electrons. The quantitative estimate of drug-likeness (QED) is 0.659. The van der Waals surface area contributed by atoms with E-state index in [0.29, 0.717) is 0 Å². The smallest absolute Gasteiger partial charge is 0.0933 e. The fourth-order valence-corrected chi connectivity index (χ4v) is 1.55. The summed E-state index contributed by atoms with van der Waals surface area (Å²) in [6.07, 6.45) is 2.82. The van der Waals surface area contributed by atoms with Gasteiger partial charge in [-0.3, -0.25) is 0 Å². The Bertz CT molecular complexity index is 133. The van der Waals surface area contributed by atoms with Crippen LogP contribution in [0.25, 0.3) is 0 Å². The van der Waals surface area contributed by atoms with E-state index in [1.165, 1.54) is 12.8 Å². The molecule has 0 radical (unpaired) electrons. The van der Waals surface area contributed by atoms with Crippen molar-refractivity contribution in [3.05, 3.63) is 0 Å². The zero-order chi connectivity index (χ0) is 10.2. The van der Waals surface area contributed by atoms with Gasteiger partial charge in [0.05, 0.1) is 25.9 Å². The van der Waals surface area contributed by atoms with Gasteiger partial charge in [0.15, 0.2) is 0 Å². The van der Waals surface area contributed by atoms with Gasteiger partial charge in [0.25, 0.3) is 0 Å². The third kappa shape index (κ3) is 5.58. The molecule has 1 saturated heterocycles. The van der Waals surface area contributed by atoms with Crippen LogP contribution in [0.1, 0.15) is 26.7 Å². The molecule has 1 heterocycles. The van der Waals surface area contributed by atoms with Crippen molar-refractivity contribution in [3.8, 4) is 0 Å². The van der Waals surface area contributed by atoms with E-state index >= 15 is 0 Å². The van der Waals surface area contributed by atoms with E-state index in [2.05, 4.69) is 19.2 Å². The van der Waals surface area contributed by atoms with Gasteiger partial charge in [-0.25, -0.2) is 0 Å². The second-order valence-electron chi connectivity index (χ2n) is 4.31. The Labute approximate surface area is 87.2 Å². The topological polar surface area (TPSA) is 30.5 Å².